The second-order valence-electron chi connectivity index (χ2n) is 5.79. The molecule has 3 rings (SSSR count). The lowest BCUT2D eigenvalue weighted by molar-refractivity contribution is -0.137. The van der Waals surface area contributed by atoms with Gasteiger partial charge in [0.05, 0.1) is 17.3 Å². The molecule has 0 amide bonds. The Bertz CT molecular complexity index is 965. The van der Waals surface area contributed by atoms with Gasteiger partial charge in [0.25, 0.3) is 5.56 Å². The van der Waals surface area contributed by atoms with Crippen LogP contribution >= 0.6 is 11.8 Å². The highest BCUT2D eigenvalue weighted by Crippen LogP contribution is 2.22. The van der Waals surface area contributed by atoms with E-state index in [1.807, 2.05) is 37.3 Å². The molecule has 3 aromatic rings. The standard InChI is InChI=1S/C19H18N2O3S/c1-13-6-8-14(9-7-13)12-25-19-20-16-5-3-2-4-15(16)18(24)21(19)11-10-17(22)23/h2-9H,10-12H2,1H3,(H,22,23). The Hall–Kier alpha value is -2.60. The number of rotatable bonds is 6. The molecular formula is C19H18N2O3S. The zero-order chi connectivity index (χ0) is 17.8. The summed E-state index contributed by atoms with van der Waals surface area (Å²) < 4.78 is 1.47. The van der Waals surface area contributed by atoms with Crippen LogP contribution in [0.1, 0.15) is 17.5 Å². The average Bonchev–Trinajstić information content (AvgIpc) is 2.60. The van der Waals surface area contributed by atoms with Gasteiger partial charge in [0.15, 0.2) is 5.16 Å². The van der Waals surface area contributed by atoms with Gasteiger partial charge in [-0.2, -0.15) is 0 Å². The Morgan fingerprint density at radius 2 is 1.88 bits per heavy atom. The Morgan fingerprint density at radius 1 is 1.16 bits per heavy atom. The maximum atomic E-state index is 12.7. The SMILES string of the molecule is Cc1ccc(CSc2nc3ccccc3c(=O)n2CCC(=O)O)cc1. The Balaban J connectivity index is 1.96. The van der Waals surface area contributed by atoms with Crippen LogP contribution in [0.4, 0.5) is 0 Å². The monoisotopic (exact) mass is 354 g/mol. The molecule has 1 aromatic heterocycles. The summed E-state index contributed by atoms with van der Waals surface area (Å²) in [5, 5.41) is 10.0. The van der Waals surface area contributed by atoms with E-state index in [0.29, 0.717) is 21.8 Å². The summed E-state index contributed by atoms with van der Waals surface area (Å²) in [5.74, 6) is -0.271. The molecular weight excluding hydrogens is 336 g/mol. The molecule has 1 heterocycles. The molecule has 0 aliphatic rings. The van der Waals surface area contributed by atoms with Crippen molar-refractivity contribution in [2.45, 2.75) is 30.8 Å². The maximum Gasteiger partial charge on any atom is 0.305 e. The van der Waals surface area contributed by atoms with Crippen LogP contribution in [0, 0.1) is 6.92 Å². The largest absolute Gasteiger partial charge is 0.481 e. The zero-order valence-electron chi connectivity index (χ0n) is 13.8. The molecule has 25 heavy (non-hydrogen) atoms. The fraction of sp³-hybridized carbons (Fsp3) is 0.211. The molecule has 0 spiro atoms. The third-order valence-electron chi connectivity index (χ3n) is 3.86. The van der Waals surface area contributed by atoms with Gasteiger partial charge in [-0.15, -0.1) is 0 Å². The van der Waals surface area contributed by atoms with Gasteiger partial charge in [0, 0.05) is 12.3 Å². The summed E-state index contributed by atoms with van der Waals surface area (Å²) in [7, 11) is 0. The Morgan fingerprint density at radius 3 is 2.60 bits per heavy atom. The molecule has 5 nitrogen and oxygen atoms in total. The first kappa shape index (κ1) is 17.2. The predicted octanol–water partition coefficient (Wildman–Crippen LogP) is 3.47. The Kier molecular flexibility index (Phi) is 5.19. The minimum absolute atomic E-state index is 0.113. The number of aliphatic carboxylic acids is 1. The van der Waals surface area contributed by atoms with E-state index in [4.69, 9.17) is 5.11 Å². The molecule has 2 aromatic carbocycles. The van der Waals surface area contributed by atoms with Crippen molar-refractivity contribution in [3.05, 3.63) is 70.0 Å². The minimum atomic E-state index is -0.936. The van der Waals surface area contributed by atoms with Crippen LogP contribution in [0.3, 0.4) is 0 Å². The molecule has 0 radical (unpaired) electrons. The van der Waals surface area contributed by atoms with Crippen LogP contribution in [0.2, 0.25) is 0 Å². The van der Waals surface area contributed by atoms with Gasteiger partial charge in [-0.1, -0.05) is 53.7 Å². The molecule has 0 saturated carbocycles. The lowest BCUT2D eigenvalue weighted by Gasteiger charge is -2.12. The van der Waals surface area contributed by atoms with Gasteiger partial charge in [-0.05, 0) is 24.6 Å². The fourth-order valence-electron chi connectivity index (χ4n) is 2.49. The first-order chi connectivity index (χ1) is 12.0. The van der Waals surface area contributed by atoms with E-state index >= 15 is 0 Å². The third kappa shape index (κ3) is 4.09. The quantitative estimate of drug-likeness (QED) is 0.542. The van der Waals surface area contributed by atoms with Crippen molar-refractivity contribution in [2.75, 3.05) is 0 Å². The number of carboxylic acids is 1. The number of aromatic nitrogens is 2. The van der Waals surface area contributed by atoms with Crippen molar-refractivity contribution in [1.82, 2.24) is 9.55 Å². The number of hydrogen-bond donors (Lipinski definition) is 1. The van der Waals surface area contributed by atoms with Crippen molar-refractivity contribution < 1.29 is 9.90 Å². The number of para-hydroxylation sites is 1. The number of nitrogens with zero attached hydrogens (tertiary/aromatic N) is 2. The molecule has 0 saturated heterocycles. The zero-order valence-corrected chi connectivity index (χ0v) is 14.6. The molecule has 0 bridgehead atoms. The van der Waals surface area contributed by atoms with Crippen LogP contribution in [0.5, 0.6) is 0 Å². The molecule has 6 heteroatoms. The summed E-state index contributed by atoms with van der Waals surface area (Å²) >= 11 is 1.45. The van der Waals surface area contributed by atoms with Crippen LogP contribution < -0.4 is 5.56 Å². The molecule has 1 N–H and O–H groups in total. The van der Waals surface area contributed by atoms with Crippen molar-refractivity contribution in [2.24, 2.45) is 0 Å². The van der Waals surface area contributed by atoms with Crippen LogP contribution in [-0.2, 0) is 17.1 Å². The summed E-state index contributed by atoms with van der Waals surface area (Å²) in [5.41, 5.74) is 2.75. The van der Waals surface area contributed by atoms with E-state index in [1.165, 1.54) is 21.9 Å². The molecule has 0 fully saturated rings. The summed E-state index contributed by atoms with van der Waals surface area (Å²) in [6.45, 7) is 2.15. The number of thioether (sulfide) groups is 1. The molecule has 0 atom stereocenters. The highest BCUT2D eigenvalue weighted by atomic mass is 32.2. The van der Waals surface area contributed by atoms with Crippen LogP contribution in [-0.4, -0.2) is 20.6 Å². The fourth-order valence-corrected chi connectivity index (χ4v) is 3.48. The van der Waals surface area contributed by atoms with Crippen LogP contribution in [0.15, 0.2) is 58.5 Å². The van der Waals surface area contributed by atoms with Crippen molar-refractivity contribution in [3.63, 3.8) is 0 Å². The van der Waals surface area contributed by atoms with E-state index in [-0.39, 0.29) is 18.5 Å². The van der Waals surface area contributed by atoms with Gasteiger partial charge < -0.3 is 5.11 Å². The second-order valence-corrected chi connectivity index (χ2v) is 6.73. The highest BCUT2D eigenvalue weighted by Gasteiger charge is 2.12. The predicted molar refractivity (Wildman–Crippen MR) is 99.0 cm³/mol. The first-order valence-electron chi connectivity index (χ1n) is 7.94. The smallest absolute Gasteiger partial charge is 0.305 e. The molecule has 0 aliphatic carbocycles. The summed E-state index contributed by atoms with van der Waals surface area (Å²) in [6.07, 6.45) is -0.113. The summed E-state index contributed by atoms with van der Waals surface area (Å²) in [4.78, 5) is 28.2. The molecule has 0 aliphatic heterocycles. The number of benzene rings is 2. The first-order valence-corrected chi connectivity index (χ1v) is 8.93. The average molecular weight is 354 g/mol. The van der Waals surface area contributed by atoms with Crippen LogP contribution in [0.25, 0.3) is 10.9 Å². The molecule has 128 valence electrons. The van der Waals surface area contributed by atoms with Crippen molar-refractivity contribution in [1.29, 1.82) is 0 Å². The van der Waals surface area contributed by atoms with E-state index in [9.17, 15) is 9.59 Å². The second kappa shape index (κ2) is 7.53. The number of fused-ring (bicyclic) bond motifs is 1. The van der Waals surface area contributed by atoms with E-state index in [2.05, 4.69) is 4.98 Å². The lowest BCUT2D eigenvalue weighted by Crippen LogP contribution is -2.24. The topological polar surface area (TPSA) is 72.2 Å². The Labute approximate surface area is 149 Å². The number of carbonyl (C=O) groups is 1. The van der Waals surface area contributed by atoms with Gasteiger partial charge in [-0.3, -0.25) is 14.2 Å². The van der Waals surface area contributed by atoms with Gasteiger partial charge in [0.1, 0.15) is 0 Å². The lowest BCUT2D eigenvalue weighted by atomic mass is 10.2. The number of carboxylic acid groups (broad SMARTS) is 1. The highest BCUT2D eigenvalue weighted by molar-refractivity contribution is 7.98. The maximum absolute atomic E-state index is 12.7. The number of hydrogen-bond acceptors (Lipinski definition) is 4. The van der Waals surface area contributed by atoms with Crippen molar-refractivity contribution in [3.8, 4) is 0 Å². The third-order valence-corrected chi connectivity index (χ3v) is 4.91. The molecule has 0 unspecified atom stereocenters. The van der Waals surface area contributed by atoms with Gasteiger partial charge in [0.2, 0.25) is 0 Å². The van der Waals surface area contributed by atoms with E-state index < -0.39 is 5.97 Å². The van der Waals surface area contributed by atoms with E-state index in [0.717, 1.165) is 5.56 Å². The van der Waals surface area contributed by atoms with Crippen molar-refractivity contribution >= 4 is 28.6 Å². The number of aryl methyl sites for hydroxylation is 1. The minimum Gasteiger partial charge on any atom is -0.481 e. The van der Waals surface area contributed by atoms with Gasteiger partial charge in [-0.25, -0.2) is 4.98 Å². The van der Waals surface area contributed by atoms with E-state index in [1.54, 1.807) is 18.2 Å². The van der Waals surface area contributed by atoms with Gasteiger partial charge >= 0.3 is 5.97 Å². The normalized spacial score (nSPS) is 10.9. The summed E-state index contributed by atoms with van der Waals surface area (Å²) in [6, 6.07) is 15.3.